The molecule has 2 N–H and O–H groups in total. The number of ether oxygens (including phenoxy) is 2. The zero-order valence-electron chi connectivity index (χ0n) is 22.8. The van der Waals surface area contributed by atoms with Gasteiger partial charge in [-0.3, -0.25) is 0 Å². The third-order valence-electron chi connectivity index (χ3n) is 7.27. The first-order valence-electron chi connectivity index (χ1n) is 13.7. The molecule has 2 saturated heterocycles. The van der Waals surface area contributed by atoms with Gasteiger partial charge < -0.3 is 0 Å². The van der Waals surface area contributed by atoms with Crippen LogP contribution in [0.15, 0.2) is 30.6 Å². The van der Waals surface area contributed by atoms with Crippen molar-refractivity contribution in [1.82, 2.24) is 19.7 Å². The summed E-state index contributed by atoms with van der Waals surface area (Å²) in [6.07, 6.45) is 6.36. The monoisotopic (exact) mass is 545 g/mol. The molecule has 1 unspecified atom stereocenters. The van der Waals surface area contributed by atoms with Gasteiger partial charge in [0.15, 0.2) is 0 Å². The first kappa shape index (κ1) is 27.4. The van der Waals surface area contributed by atoms with E-state index in [1.807, 2.05) is 30.7 Å². The van der Waals surface area contributed by atoms with E-state index in [2.05, 4.69) is 16.9 Å². The number of pyridine rings is 2. The van der Waals surface area contributed by atoms with Gasteiger partial charge in [-0.15, -0.1) is 0 Å². The maximum absolute atomic E-state index is 12.1. The van der Waals surface area contributed by atoms with Gasteiger partial charge in [-0.2, -0.15) is 0 Å². The van der Waals surface area contributed by atoms with Crippen molar-refractivity contribution >= 4 is 29.3 Å². The molecule has 0 radical (unpaired) electrons. The topological polar surface area (TPSA) is 115 Å². The Kier molecular flexibility index (Phi) is 7.75. The molecule has 0 bridgehead atoms. The van der Waals surface area contributed by atoms with Gasteiger partial charge in [0.25, 0.3) is 0 Å². The van der Waals surface area contributed by atoms with Crippen LogP contribution < -0.4 is 10.2 Å². The van der Waals surface area contributed by atoms with Crippen molar-refractivity contribution in [3.8, 4) is 11.4 Å². The van der Waals surface area contributed by atoms with Crippen molar-refractivity contribution in [3.05, 3.63) is 30.6 Å². The molecule has 5 rings (SSSR count). The standard InChI is InChI=1S/C27H40N5O5P/c1-5-37-38(33,34,18-19(2)3)23-16-24(31-13-15-35-17-20(31)4)30-26-21(23)9-11-28-27(26)22-10-12-29-32(22)25-8-6-7-14-36-25/h9-12,16,19-20,25,33-34H,5-8,13-15,17-18H2,1-4H3/t20-,25?/m1/s1. The van der Waals surface area contributed by atoms with Crippen LogP contribution in [-0.2, 0) is 14.0 Å². The van der Waals surface area contributed by atoms with E-state index in [0.29, 0.717) is 54.1 Å². The van der Waals surface area contributed by atoms with Crippen molar-refractivity contribution in [1.29, 1.82) is 0 Å². The van der Waals surface area contributed by atoms with E-state index in [-0.39, 0.29) is 31.0 Å². The molecule has 0 aromatic carbocycles. The van der Waals surface area contributed by atoms with Gasteiger partial charge in [0.2, 0.25) is 0 Å². The molecule has 0 spiro atoms. The second-order valence-corrected chi connectivity index (χ2v) is 14.1. The van der Waals surface area contributed by atoms with E-state index in [9.17, 15) is 9.79 Å². The predicted molar refractivity (Wildman–Crippen MR) is 150 cm³/mol. The van der Waals surface area contributed by atoms with Crippen molar-refractivity contribution in [3.63, 3.8) is 0 Å². The van der Waals surface area contributed by atoms with E-state index >= 15 is 0 Å². The van der Waals surface area contributed by atoms with Crippen LogP contribution >= 0.6 is 7.28 Å². The zero-order chi connectivity index (χ0) is 26.9. The van der Waals surface area contributed by atoms with Gasteiger partial charge in [0.1, 0.15) is 0 Å². The van der Waals surface area contributed by atoms with E-state index in [1.54, 1.807) is 25.4 Å². The fourth-order valence-corrected chi connectivity index (χ4v) is 9.03. The fourth-order valence-electron chi connectivity index (χ4n) is 5.69. The molecule has 0 saturated carbocycles. The summed E-state index contributed by atoms with van der Waals surface area (Å²) in [5.41, 5.74) is 1.99. The average Bonchev–Trinajstić information content (AvgIpc) is 3.38. The number of hydrogen-bond acceptors (Lipinski definition) is 9. The molecule has 2 fully saturated rings. The summed E-state index contributed by atoms with van der Waals surface area (Å²) in [4.78, 5) is 36.3. The van der Waals surface area contributed by atoms with Crippen LogP contribution in [-0.4, -0.2) is 74.7 Å². The van der Waals surface area contributed by atoms with Gasteiger partial charge in [0.05, 0.1) is 0 Å². The number of nitrogens with zero attached hydrogens (tertiary/aromatic N) is 5. The van der Waals surface area contributed by atoms with Gasteiger partial charge in [-0.05, 0) is 0 Å². The van der Waals surface area contributed by atoms with Crippen molar-refractivity contribution in [2.45, 2.75) is 59.2 Å². The van der Waals surface area contributed by atoms with Crippen LogP contribution in [0.2, 0.25) is 0 Å². The number of fused-ring (bicyclic) bond motifs is 1. The molecule has 2 atom stereocenters. The number of morpholine rings is 1. The van der Waals surface area contributed by atoms with Gasteiger partial charge in [0, 0.05) is 0 Å². The Balaban J connectivity index is 1.76. The summed E-state index contributed by atoms with van der Waals surface area (Å²) >= 11 is 0. The molecule has 2 aliphatic heterocycles. The third-order valence-corrected chi connectivity index (χ3v) is 10.8. The van der Waals surface area contributed by atoms with E-state index in [1.165, 1.54) is 0 Å². The number of hydrogen-bond donors (Lipinski definition) is 2. The Morgan fingerprint density at radius 3 is 2.74 bits per heavy atom. The summed E-state index contributed by atoms with van der Waals surface area (Å²) in [7, 11) is -4.80. The summed E-state index contributed by atoms with van der Waals surface area (Å²) < 4.78 is 19.5. The zero-order valence-corrected chi connectivity index (χ0v) is 23.7. The molecule has 0 amide bonds. The minimum absolute atomic E-state index is 0.00520. The van der Waals surface area contributed by atoms with Gasteiger partial charge in [-0.25, -0.2) is 0 Å². The van der Waals surface area contributed by atoms with Crippen molar-refractivity contribution in [2.75, 3.05) is 44.0 Å². The minimum atomic E-state index is -4.80. The molecule has 38 heavy (non-hydrogen) atoms. The fraction of sp³-hybridized carbons (Fsp3) is 0.593. The Hall–Kier alpha value is -2.20. The summed E-state index contributed by atoms with van der Waals surface area (Å²) in [5.74, 6) is 0.646. The molecule has 3 aromatic rings. The summed E-state index contributed by atoms with van der Waals surface area (Å²) in [5, 5.41) is 5.59. The first-order valence-corrected chi connectivity index (χ1v) is 15.9. The first-order chi connectivity index (χ1) is 18.2. The Morgan fingerprint density at radius 1 is 1.18 bits per heavy atom. The molecule has 3 aromatic heterocycles. The molecule has 5 heterocycles. The van der Waals surface area contributed by atoms with Gasteiger partial charge in [-0.1, -0.05) is 0 Å². The van der Waals surface area contributed by atoms with Crippen molar-refractivity contribution in [2.24, 2.45) is 5.92 Å². The SMILES string of the molecule is CCOP(O)(O)(CC(C)C)c1cc(N2CCOC[C@H]2C)nc2c(-c3ccnn3C3CCCCO3)nccc12. The molecular formula is C27H40N5O5P. The Labute approximate surface area is 224 Å². The third kappa shape index (κ3) is 5.18. The number of rotatable bonds is 8. The van der Waals surface area contributed by atoms with Crippen LogP contribution in [0.5, 0.6) is 0 Å². The Morgan fingerprint density at radius 2 is 2.03 bits per heavy atom. The second-order valence-electron chi connectivity index (χ2n) is 10.8. The molecule has 0 aliphatic carbocycles. The molecular weight excluding hydrogens is 505 g/mol. The molecule has 2 aliphatic rings. The normalized spacial score (nSPS) is 22.1. The van der Waals surface area contributed by atoms with Crippen LogP contribution in [0.25, 0.3) is 22.3 Å². The van der Waals surface area contributed by atoms with Crippen LogP contribution in [0.3, 0.4) is 0 Å². The number of aromatic nitrogens is 4. The van der Waals surface area contributed by atoms with Crippen molar-refractivity contribution < 1.29 is 23.8 Å². The van der Waals surface area contributed by atoms with E-state index in [4.69, 9.17) is 24.0 Å². The average molecular weight is 546 g/mol. The summed E-state index contributed by atoms with van der Waals surface area (Å²) in [6, 6.07) is 5.60. The van der Waals surface area contributed by atoms with E-state index < -0.39 is 7.28 Å². The quantitative estimate of drug-likeness (QED) is 0.405. The Bertz CT molecular complexity index is 1280. The second kappa shape index (κ2) is 10.8. The summed E-state index contributed by atoms with van der Waals surface area (Å²) in [6.45, 7) is 10.5. The van der Waals surface area contributed by atoms with Crippen LogP contribution in [0, 0.1) is 5.92 Å². The van der Waals surface area contributed by atoms with Crippen LogP contribution in [0.1, 0.15) is 53.2 Å². The van der Waals surface area contributed by atoms with Gasteiger partial charge >= 0.3 is 224 Å². The van der Waals surface area contributed by atoms with E-state index in [0.717, 1.165) is 25.0 Å². The number of anilines is 1. The molecule has 208 valence electrons. The predicted octanol–water partition coefficient (Wildman–Crippen LogP) is 4.02. The maximum atomic E-state index is 12.1. The molecule has 11 heteroatoms. The van der Waals surface area contributed by atoms with Crippen LogP contribution in [0.4, 0.5) is 5.82 Å². The molecule has 10 nitrogen and oxygen atoms in total.